The molecule has 0 aromatic rings. The maximum Gasteiger partial charge on any atom is 0.500 e. The van der Waals surface area contributed by atoms with Crippen LogP contribution in [0.2, 0.25) is 6.04 Å². The molecule has 2 aliphatic rings. The highest BCUT2D eigenvalue weighted by Crippen LogP contribution is 2.43. The molecule has 1 N–H and O–H groups in total. The van der Waals surface area contributed by atoms with Crippen LogP contribution >= 0.6 is 0 Å². The molecule has 6 nitrogen and oxygen atoms in total. The predicted octanol–water partition coefficient (Wildman–Crippen LogP) is 3.08. The molecule has 2 bridgehead atoms. The largest absolute Gasteiger partial charge is 0.500 e. The van der Waals surface area contributed by atoms with Gasteiger partial charge in [-0.3, -0.25) is 9.63 Å². The van der Waals surface area contributed by atoms with Gasteiger partial charge in [-0.05, 0) is 57.8 Å². The highest BCUT2D eigenvalue weighted by atomic mass is 28.4. The summed E-state index contributed by atoms with van der Waals surface area (Å²) in [6.07, 6.45) is 8.09. The zero-order valence-corrected chi connectivity index (χ0v) is 16.8. The summed E-state index contributed by atoms with van der Waals surface area (Å²) in [5.41, 5.74) is 2.58. The van der Waals surface area contributed by atoms with Gasteiger partial charge in [-0.25, -0.2) is 5.48 Å². The van der Waals surface area contributed by atoms with Crippen molar-refractivity contribution in [2.24, 2.45) is 17.8 Å². The van der Waals surface area contributed by atoms with E-state index in [0.717, 1.165) is 5.92 Å². The molecule has 144 valence electrons. The molecule has 2 aliphatic carbocycles. The van der Waals surface area contributed by atoms with Crippen molar-refractivity contribution in [1.82, 2.24) is 5.48 Å². The van der Waals surface area contributed by atoms with Crippen molar-refractivity contribution in [3.05, 3.63) is 12.2 Å². The van der Waals surface area contributed by atoms with Crippen LogP contribution in [0.3, 0.4) is 0 Å². The van der Waals surface area contributed by atoms with Gasteiger partial charge in [0.05, 0.1) is 6.61 Å². The maximum atomic E-state index is 12.0. The van der Waals surface area contributed by atoms with Crippen molar-refractivity contribution in [3.63, 3.8) is 0 Å². The lowest BCUT2D eigenvalue weighted by Crippen LogP contribution is -2.46. The molecular weight excluding hydrogens is 338 g/mol. The summed E-state index contributed by atoms with van der Waals surface area (Å²) in [5, 5.41) is 0. The molecule has 3 unspecified atom stereocenters. The first-order valence-corrected chi connectivity index (χ1v) is 11.6. The molecule has 1 amide bonds. The van der Waals surface area contributed by atoms with Crippen LogP contribution < -0.4 is 5.48 Å². The van der Waals surface area contributed by atoms with Crippen LogP contribution in [0.25, 0.3) is 0 Å². The van der Waals surface area contributed by atoms with E-state index in [1.807, 2.05) is 20.8 Å². The number of hydroxylamine groups is 1. The van der Waals surface area contributed by atoms with Crippen LogP contribution in [0.5, 0.6) is 0 Å². The van der Waals surface area contributed by atoms with Gasteiger partial charge in [0.15, 0.2) is 0 Å². The van der Waals surface area contributed by atoms with Gasteiger partial charge >= 0.3 is 8.80 Å². The number of allylic oxidation sites excluding steroid dienone is 2. The highest BCUT2D eigenvalue weighted by molar-refractivity contribution is 6.60. The quantitative estimate of drug-likeness (QED) is 0.306. The predicted molar refractivity (Wildman–Crippen MR) is 97.6 cm³/mol. The van der Waals surface area contributed by atoms with Crippen LogP contribution in [0.15, 0.2) is 12.2 Å². The van der Waals surface area contributed by atoms with E-state index in [0.29, 0.717) is 57.1 Å². The molecule has 7 heteroatoms. The lowest BCUT2D eigenvalue weighted by Gasteiger charge is -2.28. The fraction of sp³-hybridized carbons (Fsp3) is 0.833. The van der Waals surface area contributed by atoms with Gasteiger partial charge in [0.2, 0.25) is 5.91 Å². The first kappa shape index (κ1) is 20.6. The van der Waals surface area contributed by atoms with Crippen LogP contribution in [0.4, 0.5) is 0 Å². The van der Waals surface area contributed by atoms with Gasteiger partial charge in [-0.15, -0.1) is 0 Å². The molecular formula is C18H33NO5Si. The molecule has 1 fully saturated rings. The van der Waals surface area contributed by atoms with E-state index in [-0.39, 0.29) is 5.91 Å². The smallest absolute Gasteiger partial charge is 0.374 e. The van der Waals surface area contributed by atoms with Crippen molar-refractivity contribution >= 4 is 14.7 Å². The number of hydrogen-bond acceptors (Lipinski definition) is 5. The van der Waals surface area contributed by atoms with E-state index in [1.54, 1.807) is 0 Å². The standard InChI is InChI=1S/C18H33NO5Si/c1-4-22-25(23-5-2,24-6-3)11-7-8-18(20)19-21-14-17-13-15-9-10-16(17)12-15/h9-10,15-17H,4-8,11-14H2,1-3H3,(H,19,20). The lowest BCUT2D eigenvalue weighted by atomic mass is 9.95. The molecule has 3 atom stereocenters. The number of fused-ring (bicyclic) bond motifs is 2. The number of hydrogen-bond donors (Lipinski definition) is 1. The van der Waals surface area contributed by atoms with E-state index in [1.165, 1.54) is 12.8 Å². The van der Waals surface area contributed by atoms with E-state index in [2.05, 4.69) is 17.6 Å². The van der Waals surface area contributed by atoms with Crippen LogP contribution in [-0.2, 0) is 22.9 Å². The third-order valence-electron chi connectivity index (χ3n) is 4.88. The van der Waals surface area contributed by atoms with Crippen molar-refractivity contribution in [2.45, 2.75) is 52.5 Å². The van der Waals surface area contributed by atoms with E-state index < -0.39 is 8.80 Å². The Bertz CT molecular complexity index is 428. The summed E-state index contributed by atoms with van der Waals surface area (Å²) in [4.78, 5) is 17.4. The fourth-order valence-corrected chi connectivity index (χ4v) is 6.45. The Morgan fingerprint density at radius 2 is 1.76 bits per heavy atom. The molecule has 0 aromatic heterocycles. The summed E-state index contributed by atoms with van der Waals surface area (Å²) in [7, 11) is -2.65. The average Bonchev–Trinajstić information content (AvgIpc) is 3.18. The molecule has 0 radical (unpaired) electrons. The molecule has 0 heterocycles. The normalized spacial score (nSPS) is 24.8. The summed E-state index contributed by atoms with van der Waals surface area (Å²) >= 11 is 0. The number of amides is 1. The summed E-state index contributed by atoms with van der Waals surface area (Å²) in [5.74, 6) is 1.82. The Labute approximate surface area is 152 Å². The zero-order valence-electron chi connectivity index (χ0n) is 15.8. The Hall–Kier alpha value is -0.733. The van der Waals surface area contributed by atoms with Crippen LogP contribution in [0.1, 0.15) is 46.5 Å². The SMILES string of the molecule is CCO[Si](CCCC(=O)NOCC1CC2C=CC1C2)(OCC)OCC. The van der Waals surface area contributed by atoms with E-state index >= 15 is 0 Å². The van der Waals surface area contributed by atoms with Gasteiger partial charge < -0.3 is 13.3 Å². The molecule has 0 aliphatic heterocycles. The summed E-state index contributed by atoms with van der Waals surface area (Å²) in [6, 6.07) is 0.646. The minimum Gasteiger partial charge on any atom is -0.374 e. The molecule has 25 heavy (non-hydrogen) atoms. The second kappa shape index (κ2) is 10.4. The van der Waals surface area contributed by atoms with Crippen molar-refractivity contribution in [1.29, 1.82) is 0 Å². The Balaban J connectivity index is 1.63. The van der Waals surface area contributed by atoms with Crippen molar-refractivity contribution in [3.8, 4) is 0 Å². The second-order valence-corrected chi connectivity index (χ2v) is 9.44. The number of carbonyl (C=O) groups excluding carboxylic acids is 1. The second-order valence-electron chi connectivity index (χ2n) is 6.71. The van der Waals surface area contributed by atoms with Gasteiger partial charge in [-0.1, -0.05) is 12.2 Å². The molecule has 0 spiro atoms. The molecule has 0 aromatic carbocycles. The minimum atomic E-state index is -2.65. The third-order valence-corrected chi connectivity index (χ3v) is 8.03. The molecule has 1 saturated carbocycles. The van der Waals surface area contributed by atoms with Gasteiger partial charge in [-0.2, -0.15) is 0 Å². The highest BCUT2D eigenvalue weighted by Gasteiger charge is 2.40. The fourth-order valence-electron chi connectivity index (χ4n) is 3.83. The average molecular weight is 372 g/mol. The topological polar surface area (TPSA) is 66.0 Å². The Kier molecular flexibility index (Phi) is 8.58. The van der Waals surface area contributed by atoms with E-state index in [9.17, 15) is 4.79 Å². The first-order chi connectivity index (χ1) is 12.1. The summed E-state index contributed by atoms with van der Waals surface area (Å²) < 4.78 is 17.4. The number of nitrogens with one attached hydrogen (secondary N) is 1. The van der Waals surface area contributed by atoms with E-state index in [4.69, 9.17) is 18.1 Å². The van der Waals surface area contributed by atoms with Crippen molar-refractivity contribution in [2.75, 3.05) is 26.4 Å². The summed E-state index contributed by atoms with van der Waals surface area (Å²) in [6.45, 7) is 8.08. The minimum absolute atomic E-state index is 0.0916. The number of rotatable bonds is 13. The number of carbonyl (C=O) groups is 1. The molecule has 0 saturated heterocycles. The lowest BCUT2D eigenvalue weighted by molar-refractivity contribution is -0.134. The Morgan fingerprint density at radius 3 is 2.28 bits per heavy atom. The van der Waals surface area contributed by atoms with Gasteiger partial charge in [0, 0.05) is 32.3 Å². The van der Waals surface area contributed by atoms with Gasteiger partial charge in [0.1, 0.15) is 0 Å². The first-order valence-electron chi connectivity index (χ1n) is 9.63. The Morgan fingerprint density at radius 1 is 1.08 bits per heavy atom. The van der Waals surface area contributed by atoms with Crippen LogP contribution in [0, 0.1) is 17.8 Å². The zero-order chi connectivity index (χ0) is 18.1. The monoisotopic (exact) mass is 371 g/mol. The van der Waals surface area contributed by atoms with Crippen molar-refractivity contribution < 1.29 is 22.9 Å². The van der Waals surface area contributed by atoms with Gasteiger partial charge in [0.25, 0.3) is 0 Å². The molecule has 2 rings (SSSR count). The van der Waals surface area contributed by atoms with Crippen LogP contribution in [-0.4, -0.2) is 41.1 Å². The third kappa shape index (κ3) is 6.18. The maximum absolute atomic E-state index is 12.0.